The number of amides is 1. The van der Waals surface area contributed by atoms with Gasteiger partial charge >= 0.3 is 0 Å². The zero-order chi connectivity index (χ0) is 21.4. The number of ether oxygens (including phenoxy) is 2. The summed E-state index contributed by atoms with van der Waals surface area (Å²) in [6.45, 7) is 2.88. The maximum absolute atomic E-state index is 11.3. The molecule has 0 saturated carbocycles. The number of aromatic nitrogens is 2. The van der Waals surface area contributed by atoms with Crippen molar-refractivity contribution in [2.75, 3.05) is 32.6 Å². The van der Waals surface area contributed by atoms with Crippen molar-refractivity contribution in [1.29, 1.82) is 0 Å². The molecule has 0 bridgehead atoms. The molecule has 4 rings (SSSR count). The van der Waals surface area contributed by atoms with Crippen molar-refractivity contribution in [3.63, 3.8) is 0 Å². The van der Waals surface area contributed by atoms with Gasteiger partial charge in [-0.25, -0.2) is 9.97 Å². The molecule has 1 aliphatic heterocycles. The van der Waals surface area contributed by atoms with Crippen LogP contribution in [0.25, 0.3) is 22.0 Å². The number of fused-ring (bicyclic) bond motifs is 1. The van der Waals surface area contributed by atoms with Gasteiger partial charge < -0.3 is 19.7 Å². The minimum Gasteiger partial charge on any atom is -0.495 e. The summed E-state index contributed by atoms with van der Waals surface area (Å²) in [5, 5.41) is 4.91. The Hall–Kier alpha value is -2.77. The van der Waals surface area contributed by atoms with E-state index < -0.39 is 0 Å². The SMILES string of the molecule is COc1cc(OC)c(Cl)c(-c2ccc3nc(NC4CN(C(C)=O)C4)ncc3c2)c1Cl. The molecule has 0 atom stereocenters. The van der Waals surface area contributed by atoms with Crippen LogP contribution in [0.1, 0.15) is 6.92 Å². The number of carbonyl (C=O) groups is 1. The summed E-state index contributed by atoms with van der Waals surface area (Å²) in [6.07, 6.45) is 1.74. The largest absolute Gasteiger partial charge is 0.495 e. The lowest BCUT2D eigenvalue weighted by atomic mass is 10.0. The van der Waals surface area contributed by atoms with E-state index >= 15 is 0 Å². The second-order valence-electron chi connectivity index (χ2n) is 7.02. The number of carbonyl (C=O) groups excluding carboxylic acids is 1. The third-order valence-electron chi connectivity index (χ3n) is 5.10. The molecule has 0 radical (unpaired) electrons. The normalized spacial score (nSPS) is 13.8. The number of benzene rings is 2. The molecule has 1 N–H and O–H groups in total. The van der Waals surface area contributed by atoms with Crippen molar-refractivity contribution in [3.05, 3.63) is 40.5 Å². The van der Waals surface area contributed by atoms with Crippen LogP contribution in [-0.4, -0.2) is 54.1 Å². The Morgan fingerprint density at radius 3 is 2.40 bits per heavy atom. The topological polar surface area (TPSA) is 76.6 Å². The lowest BCUT2D eigenvalue weighted by molar-refractivity contribution is -0.132. The van der Waals surface area contributed by atoms with Crippen molar-refractivity contribution >= 4 is 46.0 Å². The summed E-state index contributed by atoms with van der Waals surface area (Å²) in [5.74, 6) is 1.56. The van der Waals surface area contributed by atoms with Gasteiger partial charge in [-0.15, -0.1) is 0 Å². The van der Waals surface area contributed by atoms with E-state index in [9.17, 15) is 4.79 Å². The Morgan fingerprint density at radius 1 is 1.13 bits per heavy atom. The van der Waals surface area contributed by atoms with E-state index in [-0.39, 0.29) is 11.9 Å². The van der Waals surface area contributed by atoms with E-state index in [1.165, 1.54) is 0 Å². The fraction of sp³-hybridized carbons (Fsp3) is 0.286. The van der Waals surface area contributed by atoms with E-state index in [4.69, 9.17) is 32.7 Å². The molecule has 7 nitrogen and oxygen atoms in total. The number of halogens is 2. The molecule has 0 spiro atoms. The Kier molecular flexibility index (Phi) is 5.58. The van der Waals surface area contributed by atoms with Crippen LogP contribution >= 0.6 is 23.2 Å². The molecule has 1 aromatic heterocycles. The second kappa shape index (κ2) is 8.16. The predicted octanol–water partition coefficient (Wildman–Crippen LogP) is 4.26. The molecule has 1 aliphatic rings. The number of nitrogens with zero attached hydrogens (tertiary/aromatic N) is 3. The van der Waals surface area contributed by atoms with Gasteiger partial charge in [-0.05, 0) is 17.7 Å². The third-order valence-corrected chi connectivity index (χ3v) is 5.85. The second-order valence-corrected chi connectivity index (χ2v) is 7.77. The summed E-state index contributed by atoms with van der Waals surface area (Å²) >= 11 is 13.1. The smallest absolute Gasteiger partial charge is 0.223 e. The number of anilines is 1. The molecule has 1 amide bonds. The van der Waals surface area contributed by atoms with E-state index in [1.54, 1.807) is 38.3 Å². The number of hydrogen-bond acceptors (Lipinski definition) is 6. The Bertz CT molecular complexity index is 1100. The number of likely N-dealkylation sites (tertiary alicyclic amines) is 1. The fourth-order valence-corrected chi connectivity index (χ4v) is 4.13. The van der Waals surface area contributed by atoms with Crippen molar-refractivity contribution in [1.82, 2.24) is 14.9 Å². The van der Waals surface area contributed by atoms with Crippen LogP contribution in [0, 0.1) is 0 Å². The standard InChI is InChI=1S/C21H20Cl2N4O3/c1-11(28)27-9-14(10-27)25-21-24-8-13-6-12(4-5-15(13)26-21)18-19(22)16(29-2)7-17(30-3)20(18)23/h4-8,14H,9-10H2,1-3H3,(H,24,25,26). The number of methoxy groups -OCH3 is 2. The molecular formula is C21H20Cl2N4O3. The van der Waals surface area contributed by atoms with Gasteiger partial charge in [-0.3, -0.25) is 4.79 Å². The first kappa shape index (κ1) is 20.5. The first-order chi connectivity index (χ1) is 14.4. The maximum Gasteiger partial charge on any atom is 0.223 e. The maximum atomic E-state index is 11.3. The first-order valence-corrected chi connectivity index (χ1v) is 10.1. The van der Waals surface area contributed by atoms with Gasteiger partial charge in [0.2, 0.25) is 11.9 Å². The Labute approximate surface area is 183 Å². The number of nitrogens with one attached hydrogen (secondary N) is 1. The average molecular weight is 447 g/mol. The summed E-state index contributed by atoms with van der Waals surface area (Å²) < 4.78 is 10.7. The van der Waals surface area contributed by atoms with Gasteiger partial charge in [-0.2, -0.15) is 0 Å². The quantitative estimate of drug-likeness (QED) is 0.630. The summed E-state index contributed by atoms with van der Waals surface area (Å²) in [7, 11) is 3.08. The van der Waals surface area contributed by atoms with Gasteiger partial charge in [0.05, 0.1) is 35.8 Å². The highest BCUT2D eigenvalue weighted by Crippen LogP contribution is 2.46. The first-order valence-electron chi connectivity index (χ1n) is 9.30. The van der Waals surface area contributed by atoms with Crippen molar-refractivity contribution in [2.45, 2.75) is 13.0 Å². The third kappa shape index (κ3) is 3.70. The van der Waals surface area contributed by atoms with Crippen LogP contribution in [0.5, 0.6) is 11.5 Å². The van der Waals surface area contributed by atoms with Crippen LogP contribution in [-0.2, 0) is 4.79 Å². The molecule has 3 aromatic rings. The van der Waals surface area contributed by atoms with Crippen LogP contribution in [0.4, 0.5) is 5.95 Å². The van der Waals surface area contributed by atoms with E-state index in [2.05, 4.69) is 15.3 Å². The van der Waals surface area contributed by atoms with E-state index in [0.29, 0.717) is 46.1 Å². The minimum absolute atomic E-state index is 0.0755. The predicted molar refractivity (Wildman–Crippen MR) is 118 cm³/mol. The number of rotatable bonds is 5. The highest BCUT2D eigenvalue weighted by atomic mass is 35.5. The Morgan fingerprint density at radius 2 is 1.80 bits per heavy atom. The van der Waals surface area contributed by atoms with Crippen LogP contribution in [0.2, 0.25) is 10.0 Å². The monoisotopic (exact) mass is 446 g/mol. The zero-order valence-electron chi connectivity index (χ0n) is 16.7. The highest BCUT2D eigenvalue weighted by Gasteiger charge is 2.28. The lowest BCUT2D eigenvalue weighted by Gasteiger charge is -2.38. The fourth-order valence-electron chi connectivity index (χ4n) is 3.41. The van der Waals surface area contributed by atoms with E-state index in [1.807, 2.05) is 18.2 Å². The average Bonchev–Trinajstić information content (AvgIpc) is 2.70. The molecular weight excluding hydrogens is 427 g/mol. The highest BCUT2D eigenvalue weighted by molar-refractivity contribution is 6.41. The Balaban J connectivity index is 1.64. The molecule has 2 aromatic carbocycles. The molecule has 1 saturated heterocycles. The van der Waals surface area contributed by atoms with Gasteiger partial charge in [0.15, 0.2) is 0 Å². The van der Waals surface area contributed by atoms with Crippen LogP contribution in [0.15, 0.2) is 30.5 Å². The van der Waals surface area contributed by atoms with Gasteiger partial charge in [0, 0.05) is 43.2 Å². The summed E-state index contributed by atoms with van der Waals surface area (Å²) in [4.78, 5) is 22.1. The molecule has 30 heavy (non-hydrogen) atoms. The molecule has 0 aliphatic carbocycles. The van der Waals surface area contributed by atoms with E-state index in [0.717, 1.165) is 16.5 Å². The molecule has 9 heteroatoms. The number of hydrogen-bond donors (Lipinski definition) is 1. The van der Waals surface area contributed by atoms with Crippen molar-refractivity contribution in [2.24, 2.45) is 0 Å². The molecule has 156 valence electrons. The van der Waals surface area contributed by atoms with Gasteiger partial charge in [0.25, 0.3) is 0 Å². The minimum atomic E-state index is 0.0755. The van der Waals surface area contributed by atoms with Gasteiger partial charge in [-0.1, -0.05) is 29.3 Å². The van der Waals surface area contributed by atoms with Crippen molar-refractivity contribution in [3.8, 4) is 22.6 Å². The zero-order valence-corrected chi connectivity index (χ0v) is 18.2. The van der Waals surface area contributed by atoms with Crippen molar-refractivity contribution < 1.29 is 14.3 Å². The summed E-state index contributed by atoms with van der Waals surface area (Å²) in [5.41, 5.74) is 2.20. The molecule has 0 unspecified atom stereocenters. The lowest BCUT2D eigenvalue weighted by Crippen LogP contribution is -2.56. The summed E-state index contributed by atoms with van der Waals surface area (Å²) in [6, 6.07) is 7.52. The molecule has 1 fully saturated rings. The van der Waals surface area contributed by atoms with Gasteiger partial charge in [0.1, 0.15) is 11.5 Å². The van der Waals surface area contributed by atoms with Crippen LogP contribution in [0.3, 0.4) is 0 Å². The van der Waals surface area contributed by atoms with Crippen LogP contribution < -0.4 is 14.8 Å². The molecule has 2 heterocycles.